The highest BCUT2D eigenvalue weighted by molar-refractivity contribution is 5.77. The fourth-order valence-corrected chi connectivity index (χ4v) is 1.85. The molecular formula is C17H18O3. The van der Waals surface area contributed by atoms with Crippen LogP contribution in [-0.2, 0) is 11.3 Å². The van der Waals surface area contributed by atoms with Crippen LogP contribution in [0.4, 0.5) is 0 Å². The second-order valence-electron chi connectivity index (χ2n) is 4.52. The number of rotatable bonds is 7. The number of hydrogen-bond donors (Lipinski definition) is 0. The normalized spacial score (nSPS) is 10.2. The van der Waals surface area contributed by atoms with E-state index in [-0.39, 0.29) is 0 Å². The van der Waals surface area contributed by atoms with Gasteiger partial charge in [-0.05, 0) is 36.2 Å². The minimum absolute atomic E-state index is 0.493. The standard InChI is InChI=1S/C17H18O3/c1-14-11-17(8-7-16(14)12-18)20-10-9-19-13-15-5-3-2-4-6-15/h2-8,11-12H,9-10,13H2,1H3. The van der Waals surface area contributed by atoms with Gasteiger partial charge in [0.25, 0.3) is 0 Å². The fraction of sp³-hybridized carbons (Fsp3) is 0.235. The number of hydrogen-bond acceptors (Lipinski definition) is 3. The predicted octanol–water partition coefficient (Wildman–Crippen LogP) is 3.40. The summed E-state index contributed by atoms with van der Waals surface area (Å²) in [6, 6.07) is 15.5. The number of carbonyl (C=O) groups is 1. The van der Waals surface area contributed by atoms with Gasteiger partial charge in [-0.15, -0.1) is 0 Å². The molecule has 0 heterocycles. The molecule has 3 nitrogen and oxygen atoms in total. The highest BCUT2D eigenvalue weighted by Gasteiger charge is 2.00. The van der Waals surface area contributed by atoms with Crippen LogP contribution < -0.4 is 4.74 Å². The van der Waals surface area contributed by atoms with Crippen LogP contribution in [-0.4, -0.2) is 19.5 Å². The van der Waals surface area contributed by atoms with Gasteiger partial charge in [0.05, 0.1) is 13.2 Å². The summed E-state index contributed by atoms with van der Waals surface area (Å²) in [6.45, 7) is 3.51. The van der Waals surface area contributed by atoms with Crippen molar-refractivity contribution in [1.29, 1.82) is 0 Å². The lowest BCUT2D eigenvalue weighted by Crippen LogP contribution is -2.07. The molecule has 2 aromatic rings. The van der Waals surface area contributed by atoms with Crippen molar-refractivity contribution in [3.05, 3.63) is 65.2 Å². The van der Waals surface area contributed by atoms with E-state index in [4.69, 9.17) is 9.47 Å². The number of benzene rings is 2. The van der Waals surface area contributed by atoms with Crippen LogP contribution in [0.2, 0.25) is 0 Å². The summed E-state index contributed by atoms with van der Waals surface area (Å²) in [4.78, 5) is 10.7. The smallest absolute Gasteiger partial charge is 0.150 e. The van der Waals surface area contributed by atoms with Gasteiger partial charge in [0.15, 0.2) is 0 Å². The highest BCUT2D eigenvalue weighted by Crippen LogP contribution is 2.15. The molecule has 0 aliphatic rings. The second kappa shape index (κ2) is 7.46. The Bertz CT molecular complexity index is 549. The van der Waals surface area contributed by atoms with Gasteiger partial charge in [-0.25, -0.2) is 0 Å². The summed E-state index contributed by atoms with van der Waals surface area (Å²) in [7, 11) is 0. The summed E-state index contributed by atoms with van der Waals surface area (Å²) < 4.78 is 11.1. The molecule has 0 spiro atoms. The summed E-state index contributed by atoms with van der Waals surface area (Å²) in [6.07, 6.45) is 0.849. The van der Waals surface area contributed by atoms with Crippen molar-refractivity contribution < 1.29 is 14.3 Å². The topological polar surface area (TPSA) is 35.5 Å². The van der Waals surface area contributed by atoms with Gasteiger partial charge < -0.3 is 9.47 Å². The zero-order chi connectivity index (χ0) is 14.2. The monoisotopic (exact) mass is 270 g/mol. The first-order valence-corrected chi connectivity index (χ1v) is 6.60. The molecule has 0 unspecified atom stereocenters. The molecule has 3 heteroatoms. The Morgan fingerprint density at radius 1 is 1.05 bits per heavy atom. The van der Waals surface area contributed by atoms with Crippen LogP contribution in [0.1, 0.15) is 21.5 Å². The van der Waals surface area contributed by atoms with Crippen LogP contribution in [0.25, 0.3) is 0 Å². The minimum Gasteiger partial charge on any atom is -0.491 e. The average Bonchev–Trinajstić information content (AvgIpc) is 2.48. The maximum absolute atomic E-state index is 10.7. The van der Waals surface area contributed by atoms with Gasteiger partial charge in [-0.3, -0.25) is 4.79 Å². The molecule has 20 heavy (non-hydrogen) atoms. The molecule has 0 aromatic heterocycles. The fourth-order valence-electron chi connectivity index (χ4n) is 1.85. The molecule has 0 bridgehead atoms. The first-order valence-electron chi connectivity index (χ1n) is 6.60. The van der Waals surface area contributed by atoms with Crippen molar-refractivity contribution in [2.24, 2.45) is 0 Å². The molecule has 0 saturated carbocycles. The van der Waals surface area contributed by atoms with E-state index in [0.717, 1.165) is 23.2 Å². The Labute approximate surface area is 119 Å². The zero-order valence-corrected chi connectivity index (χ0v) is 11.5. The van der Waals surface area contributed by atoms with Crippen LogP contribution in [0.5, 0.6) is 5.75 Å². The number of ether oxygens (including phenoxy) is 2. The SMILES string of the molecule is Cc1cc(OCCOCc2ccccc2)ccc1C=O. The molecule has 0 aliphatic heterocycles. The van der Waals surface area contributed by atoms with Crippen LogP contribution in [0.15, 0.2) is 48.5 Å². The summed E-state index contributed by atoms with van der Waals surface area (Å²) in [5.41, 5.74) is 2.76. The quantitative estimate of drug-likeness (QED) is 0.571. The predicted molar refractivity (Wildman–Crippen MR) is 78.2 cm³/mol. The summed E-state index contributed by atoms with van der Waals surface area (Å²) in [5, 5.41) is 0. The van der Waals surface area contributed by atoms with E-state index in [0.29, 0.717) is 25.4 Å². The third-order valence-corrected chi connectivity index (χ3v) is 2.98. The molecule has 0 N–H and O–H groups in total. The van der Waals surface area contributed by atoms with Gasteiger partial charge in [-0.2, -0.15) is 0 Å². The minimum atomic E-state index is 0.493. The molecule has 0 aliphatic carbocycles. The third kappa shape index (κ3) is 4.21. The largest absolute Gasteiger partial charge is 0.491 e. The molecule has 2 aromatic carbocycles. The summed E-state index contributed by atoms with van der Waals surface area (Å²) in [5.74, 6) is 0.761. The van der Waals surface area contributed by atoms with Crippen molar-refractivity contribution >= 4 is 6.29 Å². The van der Waals surface area contributed by atoms with E-state index < -0.39 is 0 Å². The van der Waals surface area contributed by atoms with Crippen molar-refractivity contribution in [3.63, 3.8) is 0 Å². The molecule has 0 amide bonds. The Hall–Kier alpha value is -2.13. The summed E-state index contributed by atoms with van der Waals surface area (Å²) >= 11 is 0. The third-order valence-electron chi connectivity index (χ3n) is 2.98. The van der Waals surface area contributed by atoms with E-state index in [2.05, 4.69) is 0 Å². The Balaban J connectivity index is 1.71. The number of aryl methyl sites for hydroxylation is 1. The number of carbonyl (C=O) groups excluding carboxylic acids is 1. The first-order chi connectivity index (χ1) is 9.79. The highest BCUT2D eigenvalue weighted by atomic mass is 16.5. The molecule has 2 rings (SSSR count). The zero-order valence-electron chi connectivity index (χ0n) is 11.5. The van der Waals surface area contributed by atoms with E-state index in [9.17, 15) is 4.79 Å². The average molecular weight is 270 g/mol. The maximum Gasteiger partial charge on any atom is 0.150 e. The Morgan fingerprint density at radius 3 is 2.55 bits per heavy atom. The van der Waals surface area contributed by atoms with E-state index in [1.54, 1.807) is 12.1 Å². The van der Waals surface area contributed by atoms with Gasteiger partial charge in [0, 0.05) is 5.56 Å². The van der Waals surface area contributed by atoms with Gasteiger partial charge in [0.1, 0.15) is 18.6 Å². The molecule has 0 fully saturated rings. The molecule has 0 atom stereocenters. The van der Waals surface area contributed by atoms with E-state index >= 15 is 0 Å². The van der Waals surface area contributed by atoms with Crippen LogP contribution >= 0.6 is 0 Å². The lowest BCUT2D eigenvalue weighted by molar-refractivity contribution is 0.0889. The lowest BCUT2D eigenvalue weighted by atomic mass is 10.1. The van der Waals surface area contributed by atoms with Crippen molar-refractivity contribution in [3.8, 4) is 5.75 Å². The molecule has 104 valence electrons. The van der Waals surface area contributed by atoms with Crippen molar-refractivity contribution in [2.75, 3.05) is 13.2 Å². The Morgan fingerprint density at radius 2 is 1.85 bits per heavy atom. The second-order valence-corrected chi connectivity index (χ2v) is 4.52. The first kappa shape index (κ1) is 14.3. The molecular weight excluding hydrogens is 252 g/mol. The van der Waals surface area contributed by atoms with Crippen molar-refractivity contribution in [2.45, 2.75) is 13.5 Å². The van der Waals surface area contributed by atoms with E-state index in [1.807, 2.05) is 43.3 Å². The van der Waals surface area contributed by atoms with Crippen LogP contribution in [0, 0.1) is 6.92 Å². The van der Waals surface area contributed by atoms with Crippen molar-refractivity contribution in [1.82, 2.24) is 0 Å². The Kier molecular flexibility index (Phi) is 5.33. The van der Waals surface area contributed by atoms with Crippen LogP contribution in [0.3, 0.4) is 0 Å². The maximum atomic E-state index is 10.7. The lowest BCUT2D eigenvalue weighted by Gasteiger charge is -2.08. The molecule has 0 radical (unpaired) electrons. The molecule has 0 saturated heterocycles. The van der Waals surface area contributed by atoms with E-state index in [1.165, 1.54) is 0 Å². The van der Waals surface area contributed by atoms with Gasteiger partial charge >= 0.3 is 0 Å². The van der Waals surface area contributed by atoms with Gasteiger partial charge in [0.2, 0.25) is 0 Å². The van der Waals surface area contributed by atoms with Gasteiger partial charge in [-0.1, -0.05) is 30.3 Å². The number of aldehydes is 1.